The quantitative estimate of drug-likeness (QED) is 0.394. The summed E-state index contributed by atoms with van der Waals surface area (Å²) in [5.41, 5.74) is 0.936. The zero-order valence-corrected chi connectivity index (χ0v) is 11.1. The molecular formula is C13H15ClN2O2. The molecule has 0 radical (unpaired) electrons. The lowest BCUT2D eigenvalue weighted by atomic mass is 10.1. The molecule has 4 nitrogen and oxygen atoms in total. The molecule has 96 valence electrons. The lowest BCUT2D eigenvalue weighted by Gasteiger charge is -2.05. The van der Waals surface area contributed by atoms with Gasteiger partial charge in [0.1, 0.15) is 10.9 Å². The van der Waals surface area contributed by atoms with E-state index in [1.165, 1.54) is 0 Å². The first kappa shape index (κ1) is 14.3. The second-order valence-electron chi connectivity index (χ2n) is 3.46. The third-order valence-electron chi connectivity index (χ3n) is 2.13. The second kappa shape index (κ2) is 7.50. The number of aliphatic imine (C=N–C) groups is 1. The van der Waals surface area contributed by atoms with E-state index < -0.39 is 0 Å². The first-order chi connectivity index (χ1) is 8.69. The van der Waals surface area contributed by atoms with Crippen LogP contribution in [0.2, 0.25) is 0 Å². The standard InChI is InChI=1S/C13H15ClN2O2/c1-3-4-13(15-2)18-11-7-5-10(6-8-11)9-12(14)16-17/h3-8,17H,9H2,1-2H3/b4-3-,15-13?,16-12-. The van der Waals surface area contributed by atoms with Crippen LogP contribution in [0.4, 0.5) is 0 Å². The van der Waals surface area contributed by atoms with Crippen LogP contribution in [0.5, 0.6) is 5.75 Å². The van der Waals surface area contributed by atoms with Gasteiger partial charge < -0.3 is 9.94 Å². The van der Waals surface area contributed by atoms with Gasteiger partial charge in [0.25, 0.3) is 0 Å². The molecule has 5 heteroatoms. The van der Waals surface area contributed by atoms with Gasteiger partial charge in [-0.25, -0.2) is 0 Å². The Kier molecular flexibility index (Phi) is 5.94. The third kappa shape index (κ3) is 4.59. The number of halogens is 1. The lowest BCUT2D eigenvalue weighted by Crippen LogP contribution is -2.04. The Morgan fingerprint density at radius 3 is 2.56 bits per heavy atom. The van der Waals surface area contributed by atoms with Gasteiger partial charge in [-0.15, -0.1) is 0 Å². The van der Waals surface area contributed by atoms with Crippen molar-refractivity contribution in [1.29, 1.82) is 0 Å². The van der Waals surface area contributed by atoms with Crippen LogP contribution >= 0.6 is 11.6 Å². The van der Waals surface area contributed by atoms with E-state index >= 15 is 0 Å². The van der Waals surface area contributed by atoms with Crippen LogP contribution in [0.15, 0.2) is 46.6 Å². The first-order valence-electron chi connectivity index (χ1n) is 5.42. The summed E-state index contributed by atoms with van der Waals surface area (Å²) in [5, 5.41) is 11.5. The van der Waals surface area contributed by atoms with E-state index in [1.807, 2.05) is 37.3 Å². The topological polar surface area (TPSA) is 54.2 Å². The number of nitrogens with zero attached hydrogens (tertiary/aromatic N) is 2. The van der Waals surface area contributed by atoms with Crippen LogP contribution in [-0.4, -0.2) is 23.3 Å². The highest BCUT2D eigenvalue weighted by Gasteiger charge is 2.01. The monoisotopic (exact) mass is 266 g/mol. The molecule has 0 aliphatic heterocycles. The number of ether oxygens (including phenoxy) is 1. The minimum atomic E-state index is 0.147. The molecule has 0 aliphatic carbocycles. The molecule has 1 aromatic rings. The van der Waals surface area contributed by atoms with Crippen molar-refractivity contribution in [3.05, 3.63) is 42.0 Å². The second-order valence-corrected chi connectivity index (χ2v) is 3.90. The Labute approximate surface area is 111 Å². The van der Waals surface area contributed by atoms with Crippen molar-refractivity contribution in [2.75, 3.05) is 7.05 Å². The van der Waals surface area contributed by atoms with Crippen molar-refractivity contribution in [3.8, 4) is 5.75 Å². The number of rotatable bonds is 4. The normalized spacial score (nSPS) is 13.1. The average molecular weight is 267 g/mol. The van der Waals surface area contributed by atoms with Crippen LogP contribution in [0.3, 0.4) is 0 Å². The van der Waals surface area contributed by atoms with Gasteiger partial charge in [0.15, 0.2) is 0 Å². The molecule has 18 heavy (non-hydrogen) atoms. The van der Waals surface area contributed by atoms with E-state index in [1.54, 1.807) is 13.1 Å². The largest absolute Gasteiger partial charge is 0.439 e. The number of oxime groups is 1. The number of hydrogen-bond donors (Lipinski definition) is 1. The van der Waals surface area contributed by atoms with Crippen molar-refractivity contribution in [2.24, 2.45) is 10.1 Å². The Bertz CT molecular complexity index is 464. The summed E-state index contributed by atoms with van der Waals surface area (Å²) >= 11 is 5.63. The molecule has 1 aromatic carbocycles. The van der Waals surface area contributed by atoms with E-state index in [0.717, 1.165) is 5.56 Å². The van der Waals surface area contributed by atoms with Gasteiger partial charge in [0.05, 0.1) is 0 Å². The average Bonchev–Trinajstić information content (AvgIpc) is 2.40. The minimum Gasteiger partial charge on any atom is -0.439 e. The van der Waals surface area contributed by atoms with Crippen molar-refractivity contribution in [3.63, 3.8) is 0 Å². The zero-order valence-electron chi connectivity index (χ0n) is 10.3. The molecule has 0 atom stereocenters. The van der Waals surface area contributed by atoms with Crippen LogP contribution in [0.25, 0.3) is 0 Å². The Balaban J connectivity index is 2.71. The molecule has 0 unspecified atom stereocenters. The zero-order chi connectivity index (χ0) is 13.4. The molecule has 0 spiro atoms. The van der Waals surface area contributed by atoms with Gasteiger partial charge >= 0.3 is 0 Å². The van der Waals surface area contributed by atoms with Gasteiger partial charge in [-0.05, 0) is 30.7 Å². The lowest BCUT2D eigenvalue weighted by molar-refractivity contribution is 0.319. The molecule has 0 saturated heterocycles. The molecule has 1 rings (SSSR count). The summed E-state index contributed by atoms with van der Waals surface area (Å²) in [7, 11) is 1.67. The van der Waals surface area contributed by atoms with Gasteiger partial charge in [-0.1, -0.05) is 35.0 Å². The minimum absolute atomic E-state index is 0.147. The summed E-state index contributed by atoms with van der Waals surface area (Å²) < 4.78 is 5.54. The molecule has 0 aliphatic rings. The maximum absolute atomic E-state index is 8.47. The predicted octanol–water partition coefficient (Wildman–Crippen LogP) is 3.24. The van der Waals surface area contributed by atoms with E-state index in [9.17, 15) is 0 Å². The third-order valence-corrected chi connectivity index (χ3v) is 2.34. The molecule has 0 bridgehead atoms. The van der Waals surface area contributed by atoms with E-state index in [-0.39, 0.29) is 5.17 Å². The Morgan fingerprint density at radius 1 is 1.39 bits per heavy atom. The van der Waals surface area contributed by atoms with E-state index in [2.05, 4.69) is 10.1 Å². The maximum atomic E-state index is 8.47. The van der Waals surface area contributed by atoms with Gasteiger partial charge in [-0.2, -0.15) is 0 Å². The number of benzene rings is 1. The smallest absolute Gasteiger partial charge is 0.214 e. The fraction of sp³-hybridized carbons (Fsp3) is 0.231. The number of allylic oxidation sites excluding steroid dienone is 1. The van der Waals surface area contributed by atoms with Gasteiger partial charge in [0, 0.05) is 13.5 Å². The molecule has 0 heterocycles. The van der Waals surface area contributed by atoms with Gasteiger partial charge in [0.2, 0.25) is 5.90 Å². The molecule has 0 aromatic heterocycles. The molecular weight excluding hydrogens is 252 g/mol. The van der Waals surface area contributed by atoms with Crippen LogP contribution in [-0.2, 0) is 6.42 Å². The van der Waals surface area contributed by atoms with Crippen molar-refractivity contribution in [1.82, 2.24) is 0 Å². The Hall–Kier alpha value is -1.81. The van der Waals surface area contributed by atoms with E-state index in [4.69, 9.17) is 21.5 Å². The molecule has 0 amide bonds. The summed E-state index contributed by atoms with van der Waals surface area (Å²) in [5.74, 6) is 1.23. The fourth-order valence-electron chi connectivity index (χ4n) is 1.30. The maximum Gasteiger partial charge on any atom is 0.214 e. The van der Waals surface area contributed by atoms with Gasteiger partial charge in [-0.3, -0.25) is 4.99 Å². The molecule has 0 saturated carbocycles. The van der Waals surface area contributed by atoms with Crippen LogP contribution < -0.4 is 4.74 Å². The summed E-state index contributed by atoms with van der Waals surface area (Å²) in [6, 6.07) is 7.33. The SMILES string of the molecule is C/C=C\C(=NC)Oc1ccc(C/C(Cl)=N/O)cc1. The summed E-state index contributed by atoms with van der Waals surface area (Å²) in [6.45, 7) is 1.90. The van der Waals surface area contributed by atoms with E-state index in [0.29, 0.717) is 18.1 Å². The van der Waals surface area contributed by atoms with Crippen molar-refractivity contribution in [2.45, 2.75) is 13.3 Å². The predicted molar refractivity (Wildman–Crippen MR) is 74.0 cm³/mol. The highest BCUT2D eigenvalue weighted by atomic mass is 35.5. The van der Waals surface area contributed by atoms with Crippen LogP contribution in [0.1, 0.15) is 12.5 Å². The summed E-state index contributed by atoms with van der Waals surface area (Å²) in [6.07, 6.45) is 4.03. The highest BCUT2D eigenvalue weighted by Crippen LogP contribution is 2.14. The highest BCUT2D eigenvalue weighted by molar-refractivity contribution is 6.65. The van der Waals surface area contributed by atoms with Crippen LogP contribution in [0, 0.1) is 0 Å². The molecule has 1 N–H and O–H groups in total. The molecule has 0 fully saturated rings. The van der Waals surface area contributed by atoms with Crippen molar-refractivity contribution >= 4 is 22.7 Å². The number of hydrogen-bond acceptors (Lipinski definition) is 4. The van der Waals surface area contributed by atoms with Crippen molar-refractivity contribution < 1.29 is 9.94 Å². The fourth-order valence-corrected chi connectivity index (χ4v) is 1.45. The Morgan fingerprint density at radius 2 is 2.06 bits per heavy atom. The first-order valence-corrected chi connectivity index (χ1v) is 5.80. The summed E-state index contributed by atoms with van der Waals surface area (Å²) in [4.78, 5) is 3.99.